The molecule has 1 N–H and O–H groups in total. The molecule has 2 aromatic carbocycles. The van der Waals surface area contributed by atoms with Gasteiger partial charge in [-0.1, -0.05) is 12.1 Å². The highest BCUT2D eigenvalue weighted by atomic mass is 79.9. The number of amides is 1. The Balaban J connectivity index is 2.01. The number of ether oxygens (including phenoxy) is 2. The monoisotopic (exact) mass is 395 g/mol. The second kappa shape index (κ2) is 8.15. The topological polar surface area (TPSA) is 47.6 Å². The number of rotatable bonds is 6. The normalized spacial score (nSPS) is 11.7. The zero-order valence-electron chi connectivity index (χ0n) is 13.7. The van der Waals surface area contributed by atoms with E-state index in [9.17, 15) is 9.18 Å². The first-order valence-corrected chi connectivity index (χ1v) is 8.19. The number of hydrogen-bond acceptors (Lipinski definition) is 3. The summed E-state index contributed by atoms with van der Waals surface area (Å²) in [6, 6.07) is 9.95. The van der Waals surface area contributed by atoms with Gasteiger partial charge in [0, 0.05) is 0 Å². The summed E-state index contributed by atoms with van der Waals surface area (Å²) in [5.74, 6) is 0.232. The first-order valence-electron chi connectivity index (χ1n) is 7.39. The van der Waals surface area contributed by atoms with Gasteiger partial charge in [0.05, 0.1) is 31.2 Å². The predicted molar refractivity (Wildman–Crippen MR) is 93.9 cm³/mol. The molecule has 0 aliphatic rings. The van der Waals surface area contributed by atoms with E-state index in [0.29, 0.717) is 5.56 Å². The lowest BCUT2D eigenvalue weighted by Gasteiger charge is -2.16. The van der Waals surface area contributed by atoms with Crippen LogP contribution in [0.2, 0.25) is 0 Å². The van der Waals surface area contributed by atoms with Crippen molar-refractivity contribution in [3.05, 3.63) is 57.8 Å². The van der Waals surface area contributed by atoms with Gasteiger partial charge in [0.25, 0.3) is 0 Å². The van der Waals surface area contributed by atoms with Gasteiger partial charge in [0.1, 0.15) is 5.75 Å². The van der Waals surface area contributed by atoms with E-state index in [1.807, 2.05) is 25.1 Å². The van der Waals surface area contributed by atoms with Gasteiger partial charge >= 0.3 is 0 Å². The summed E-state index contributed by atoms with van der Waals surface area (Å²) >= 11 is 3.43. The number of carbonyl (C=O) groups excluding carboxylic acids is 1. The van der Waals surface area contributed by atoms with E-state index in [0.717, 1.165) is 15.8 Å². The average molecular weight is 396 g/mol. The van der Waals surface area contributed by atoms with Crippen molar-refractivity contribution in [2.45, 2.75) is 19.4 Å². The number of benzene rings is 2. The van der Waals surface area contributed by atoms with E-state index < -0.39 is 5.82 Å². The summed E-state index contributed by atoms with van der Waals surface area (Å²) in [4.78, 5) is 12.2. The fourth-order valence-electron chi connectivity index (χ4n) is 2.33. The van der Waals surface area contributed by atoms with Gasteiger partial charge in [-0.2, -0.15) is 0 Å². The molecule has 0 radical (unpaired) electrons. The van der Waals surface area contributed by atoms with Crippen molar-refractivity contribution in [3.8, 4) is 11.5 Å². The first-order chi connectivity index (χ1) is 11.4. The van der Waals surface area contributed by atoms with Crippen LogP contribution in [-0.4, -0.2) is 20.1 Å². The molecule has 1 amide bonds. The highest BCUT2D eigenvalue weighted by Gasteiger charge is 2.13. The van der Waals surface area contributed by atoms with E-state index >= 15 is 0 Å². The van der Waals surface area contributed by atoms with Crippen molar-refractivity contribution in [1.82, 2.24) is 5.32 Å². The maximum atomic E-state index is 13.7. The van der Waals surface area contributed by atoms with Crippen LogP contribution < -0.4 is 14.8 Å². The minimum absolute atomic E-state index is 0.0998. The van der Waals surface area contributed by atoms with Crippen molar-refractivity contribution in [3.63, 3.8) is 0 Å². The molecule has 0 bridgehead atoms. The molecule has 0 saturated heterocycles. The van der Waals surface area contributed by atoms with Crippen LogP contribution in [-0.2, 0) is 11.2 Å². The Morgan fingerprint density at radius 1 is 1.17 bits per heavy atom. The minimum atomic E-state index is -0.477. The SMILES string of the molecule is COc1ccc(CC(=O)N[C@H](C)c2ccc(OC)c(Br)c2)cc1F. The number of nitrogens with one attached hydrogen (secondary N) is 1. The molecule has 4 nitrogen and oxygen atoms in total. The van der Waals surface area contributed by atoms with Gasteiger partial charge in [-0.05, 0) is 58.2 Å². The van der Waals surface area contributed by atoms with Gasteiger partial charge in [-0.3, -0.25) is 4.79 Å². The molecule has 24 heavy (non-hydrogen) atoms. The quantitative estimate of drug-likeness (QED) is 0.802. The molecule has 0 aliphatic heterocycles. The lowest BCUT2D eigenvalue weighted by Crippen LogP contribution is -2.28. The molecule has 2 aromatic rings. The Hall–Kier alpha value is -2.08. The second-order valence-corrected chi connectivity index (χ2v) is 6.18. The first kappa shape index (κ1) is 18.3. The Labute approximate surface area is 149 Å². The van der Waals surface area contributed by atoms with Crippen LogP contribution in [0.5, 0.6) is 11.5 Å². The lowest BCUT2D eigenvalue weighted by molar-refractivity contribution is -0.121. The van der Waals surface area contributed by atoms with E-state index in [2.05, 4.69) is 21.2 Å². The van der Waals surface area contributed by atoms with Crippen LogP contribution in [0, 0.1) is 5.82 Å². The third kappa shape index (κ3) is 4.47. The Bertz CT molecular complexity index is 736. The summed E-state index contributed by atoms with van der Waals surface area (Å²) in [5, 5.41) is 2.90. The molecule has 0 fully saturated rings. The molecule has 0 spiro atoms. The largest absolute Gasteiger partial charge is 0.496 e. The van der Waals surface area contributed by atoms with Gasteiger partial charge in [-0.25, -0.2) is 4.39 Å². The third-order valence-electron chi connectivity index (χ3n) is 3.63. The standard InChI is InChI=1S/C18H19BrFNO3/c1-11(13-5-7-16(23-2)14(19)10-13)21-18(22)9-12-4-6-17(24-3)15(20)8-12/h4-8,10-11H,9H2,1-3H3,(H,21,22)/t11-/m1/s1. The molecule has 0 saturated carbocycles. The Morgan fingerprint density at radius 3 is 2.42 bits per heavy atom. The highest BCUT2D eigenvalue weighted by molar-refractivity contribution is 9.10. The molecule has 2 rings (SSSR count). The van der Waals surface area contributed by atoms with Crippen molar-refractivity contribution in [1.29, 1.82) is 0 Å². The van der Waals surface area contributed by atoms with E-state index in [1.54, 1.807) is 13.2 Å². The van der Waals surface area contributed by atoms with E-state index in [-0.39, 0.29) is 24.1 Å². The zero-order chi connectivity index (χ0) is 17.7. The molecule has 1 atom stereocenters. The van der Waals surface area contributed by atoms with Crippen LogP contribution in [0.15, 0.2) is 40.9 Å². The molecule has 0 unspecified atom stereocenters. The van der Waals surface area contributed by atoms with Gasteiger partial charge in [0.2, 0.25) is 5.91 Å². The lowest BCUT2D eigenvalue weighted by atomic mass is 10.1. The van der Waals surface area contributed by atoms with E-state index in [4.69, 9.17) is 9.47 Å². The number of carbonyl (C=O) groups is 1. The summed E-state index contributed by atoms with van der Waals surface area (Å²) in [6.07, 6.45) is 0.0998. The van der Waals surface area contributed by atoms with Crippen molar-refractivity contribution < 1.29 is 18.7 Å². The zero-order valence-corrected chi connectivity index (χ0v) is 15.3. The van der Waals surface area contributed by atoms with Crippen LogP contribution in [0.4, 0.5) is 4.39 Å². The van der Waals surface area contributed by atoms with Gasteiger partial charge in [-0.15, -0.1) is 0 Å². The number of methoxy groups -OCH3 is 2. The van der Waals surface area contributed by atoms with Crippen LogP contribution in [0.3, 0.4) is 0 Å². The van der Waals surface area contributed by atoms with Crippen LogP contribution in [0.25, 0.3) is 0 Å². The molecular weight excluding hydrogens is 377 g/mol. The maximum Gasteiger partial charge on any atom is 0.224 e. The third-order valence-corrected chi connectivity index (χ3v) is 4.25. The molecule has 6 heteroatoms. The molecular formula is C18H19BrFNO3. The van der Waals surface area contributed by atoms with Gasteiger partial charge < -0.3 is 14.8 Å². The van der Waals surface area contributed by atoms with Crippen LogP contribution >= 0.6 is 15.9 Å². The molecule has 0 heterocycles. The summed E-state index contributed by atoms with van der Waals surface area (Å²) in [7, 11) is 3.00. The van der Waals surface area contributed by atoms with Crippen molar-refractivity contribution in [2.75, 3.05) is 14.2 Å². The van der Waals surface area contributed by atoms with Crippen molar-refractivity contribution >= 4 is 21.8 Å². The summed E-state index contributed by atoms with van der Waals surface area (Å²) in [5.41, 5.74) is 1.53. The van der Waals surface area contributed by atoms with E-state index in [1.165, 1.54) is 19.2 Å². The smallest absolute Gasteiger partial charge is 0.224 e. The molecule has 0 aliphatic carbocycles. The minimum Gasteiger partial charge on any atom is -0.496 e. The maximum absolute atomic E-state index is 13.7. The summed E-state index contributed by atoms with van der Waals surface area (Å²) < 4.78 is 24.5. The predicted octanol–water partition coefficient (Wildman–Crippen LogP) is 4.03. The van der Waals surface area contributed by atoms with Crippen molar-refractivity contribution in [2.24, 2.45) is 0 Å². The summed E-state index contributed by atoms with van der Waals surface area (Å²) in [6.45, 7) is 1.89. The molecule has 128 valence electrons. The second-order valence-electron chi connectivity index (χ2n) is 5.33. The average Bonchev–Trinajstić information content (AvgIpc) is 2.54. The Kier molecular flexibility index (Phi) is 6.20. The number of hydrogen-bond donors (Lipinski definition) is 1. The molecule has 0 aromatic heterocycles. The van der Waals surface area contributed by atoms with Gasteiger partial charge in [0.15, 0.2) is 11.6 Å². The highest BCUT2D eigenvalue weighted by Crippen LogP contribution is 2.28. The fourth-order valence-corrected chi connectivity index (χ4v) is 2.89. The fraction of sp³-hybridized carbons (Fsp3) is 0.278. The van der Waals surface area contributed by atoms with Crippen LogP contribution in [0.1, 0.15) is 24.1 Å². The number of halogens is 2. The Morgan fingerprint density at radius 2 is 1.83 bits per heavy atom.